The van der Waals surface area contributed by atoms with E-state index in [0.29, 0.717) is 5.92 Å². The SMILES string of the molecule is OC1CCc2cnc(CC3CCCNC3)n2C1. The van der Waals surface area contributed by atoms with Gasteiger partial charge in [-0.15, -0.1) is 0 Å². The number of aromatic nitrogens is 2. The van der Waals surface area contributed by atoms with Gasteiger partial charge in [-0.05, 0) is 44.7 Å². The zero-order valence-corrected chi connectivity index (χ0v) is 10.2. The fraction of sp³-hybridized carbons (Fsp3) is 0.769. The Balaban J connectivity index is 1.72. The minimum atomic E-state index is -0.181. The van der Waals surface area contributed by atoms with Crippen molar-refractivity contribution in [3.63, 3.8) is 0 Å². The molecule has 2 unspecified atom stereocenters. The van der Waals surface area contributed by atoms with Crippen LogP contribution in [0.5, 0.6) is 0 Å². The Hall–Kier alpha value is -0.870. The quantitative estimate of drug-likeness (QED) is 0.794. The number of fused-ring (bicyclic) bond motifs is 1. The maximum atomic E-state index is 9.74. The van der Waals surface area contributed by atoms with Gasteiger partial charge < -0.3 is 15.0 Å². The Kier molecular flexibility index (Phi) is 3.16. The van der Waals surface area contributed by atoms with Crippen LogP contribution in [0.3, 0.4) is 0 Å². The van der Waals surface area contributed by atoms with Crippen molar-refractivity contribution >= 4 is 0 Å². The van der Waals surface area contributed by atoms with Gasteiger partial charge in [0.15, 0.2) is 0 Å². The molecule has 3 rings (SSSR count). The van der Waals surface area contributed by atoms with Crippen LogP contribution in [0.1, 0.15) is 30.8 Å². The van der Waals surface area contributed by atoms with Gasteiger partial charge in [0.05, 0.1) is 12.6 Å². The Morgan fingerprint density at radius 2 is 2.41 bits per heavy atom. The number of aliphatic hydroxyl groups is 1. The first-order chi connectivity index (χ1) is 8.33. The van der Waals surface area contributed by atoms with E-state index in [-0.39, 0.29) is 6.10 Å². The Morgan fingerprint density at radius 3 is 3.24 bits per heavy atom. The van der Waals surface area contributed by atoms with Crippen LogP contribution in [0.2, 0.25) is 0 Å². The fourth-order valence-electron chi connectivity index (χ4n) is 3.01. The second kappa shape index (κ2) is 4.78. The summed E-state index contributed by atoms with van der Waals surface area (Å²) in [4.78, 5) is 4.55. The first kappa shape index (κ1) is 11.2. The van der Waals surface area contributed by atoms with Crippen LogP contribution in [0.15, 0.2) is 6.20 Å². The Bertz CT molecular complexity index is 382. The molecular formula is C13H21N3O. The molecule has 2 aliphatic heterocycles. The number of hydrogen-bond donors (Lipinski definition) is 2. The summed E-state index contributed by atoms with van der Waals surface area (Å²) in [6, 6.07) is 0. The number of hydrogen-bond acceptors (Lipinski definition) is 3. The number of nitrogens with zero attached hydrogens (tertiary/aromatic N) is 2. The molecule has 1 aromatic heterocycles. The monoisotopic (exact) mass is 235 g/mol. The lowest BCUT2D eigenvalue weighted by Gasteiger charge is -2.25. The molecule has 0 saturated carbocycles. The van der Waals surface area contributed by atoms with Crippen molar-refractivity contribution in [2.45, 2.75) is 44.8 Å². The summed E-state index contributed by atoms with van der Waals surface area (Å²) < 4.78 is 2.24. The van der Waals surface area contributed by atoms with Gasteiger partial charge in [-0.25, -0.2) is 4.98 Å². The largest absolute Gasteiger partial charge is 0.391 e. The lowest BCUT2D eigenvalue weighted by Crippen LogP contribution is -2.32. The number of rotatable bonds is 2. The second-order valence-corrected chi connectivity index (χ2v) is 5.39. The predicted octanol–water partition coefficient (Wildman–Crippen LogP) is 0.732. The molecule has 0 spiro atoms. The average Bonchev–Trinajstić information content (AvgIpc) is 2.73. The highest BCUT2D eigenvalue weighted by Crippen LogP contribution is 2.21. The molecule has 0 amide bonds. The molecule has 1 aromatic rings. The van der Waals surface area contributed by atoms with Gasteiger partial charge in [0.1, 0.15) is 5.82 Å². The molecule has 0 aliphatic carbocycles. The van der Waals surface area contributed by atoms with Crippen LogP contribution in [0.25, 0.3) is 0 Å². The summed E-state index contributed by atoms with van der Waals surface area (Å²) >= 11 is 0. The van der Waals surface area contributed by atoms with Crippen LogP contribution in [0, 0.1) is 5.92 Å². The molecule has 1 saturated heterocycles. The molecule has 2 aliphatic rings. The van der Waals surface area contributed by atoms with E-state index < -0.39 is 0 Å². The third-order valence-electron chi connectivity index (χ3n) is 4.02. The lowest BCUT2D eigenvalue weighted by atomic mass is 9.95. The van der Waals surface area contributed by atoms with Crippen molar-refractivity contribution in [2.75, 3.05) is 13.1 Å². The smallest absolute Gasteiger partial charge is 0.109 e. The van der Waals surface area contributed by atoms with E-state index in [4.69, 9.17) is 0 Å². The van der Waals surface area contributed by atoms with Crippen molar-refractivity contribution in [3.05, 3.63) is 17.7 Å². The van der Waals surface area contributed by atoms with Crippen LogP contribution in [-0.2, 0) is 19.4 Å². The number of imidazole rings is 1. The molecule has 2 atom stereocenters. The highest BCUT2D eigenvalue weighted by atomic mass is 16.3. The van der Waals surface area contributed by atoms with Crippen LogP contribution in [0.4, 0.5) is 0 Å². The number of nitrogens with one attached hydrogen (secondary N) is 1. The third-order valence-corrected chi connectivity index (χ3v) is 4.02. The number of aryl methyl sites for hydroxylation is 1. The minimum absolute atomic E-state index is 0.181. The van der Waals surface area contributed by atoms with Crippen molar-refractivity contribution in [1.82, 2.24) is 14.9 Å². The molecule has 4 heteroatoms. The maximum Gasteiger partial charge on any atom is 0.109 e. The molecule has 0 radical (unpaired) electrons. The highest BCUT2D eigenvalue weighted by Gasteiger charge is 2.22. The lowest BCUT2D eigenvalue weighted by molar-refractivity contribution is 0.129. The molecule has 4 nitrogen and oxygen atoms in total. The van der Waals surface area contributed by atoms with Gasteiger partial charge in [-0.2, -0.15) is 0 Å². The van der Waals surface area contributed by atoms with E-state index in [1.807, 2.05) is 6.20 Å². The number of aliphatic hydroxyl groups excluding tert-OH is 1. The summed E-state index contributed by atoms with van der Waals surface area (Å²) in [5.41, 5.74) is 1.30. The van der Waals surface area contributed by atoms with Gasteiger partial charge in [-0.1, -0.05) is 0 Å². The molecule has 3 heterocycles. The van der Waals surface area contributed by atoms with E-state index in [0.717, 1.165) is 38.9 Å². The first-order valence-corrected chi connectivity index (χ1v) is 6.75. The second-order valence-electron chi connectivity index (χ2n) is 5.39. The maximum absolute atomic E-state index is 9.74. The minimum Gasteiger partial charge on any atom is -0.391 e. The van der Waals surface area contributed by atoms with E-state index in [2.05, 4.69) is 14.9 Å². The van der Waals surface area contributed by atoms with E-state index in [1.165, 1.54) is 24.4 Å². The fourth-order valence-corrected chi connectivity index (χ4v) is 3.01. The summed E-state index contributed by atoms with van der Waals surface area (Å²) in [6.45, 7) is 3.02. The van der Waals surface area contributed by atoms with Gasteiger partial charge in [0.2, 0.25) is 0 Å². The van der Waals surface area contributed by atoms with Crippen LogP contribution in [-0.4, -0.2) is 33.9 Å². The zero-order chi connectivity index (χ0) is 11.7. The normalized spacial score (nSPS) is 29.0. The average molecular weight is 235 g/mol. The highest BCUT2D eigenvalue weighted by molar-refractivity contribution is 5.09. The Morgan fingerprint density at radius 1 is 1.47 bits per heavy atom. The van der Waals surface area contributed by atoms with Gasteiger partial charge in [0.25, 0.3) is 0 Å². The molecule has 17 heavy (non-hydrogen) atoms. The van der Waals surface area contributed by atoms with E-state index >= 15 is 0 Å². The number of piperidine rings is 1. The molecule has 0 aromatic carbocycles. The van der Waals surface area contributed by atoms with Gasteiger partial charge in [0, 0.05) is 18.3 Å². The van der Waals surface area contributed by atoms with Crippen molar-refractivity contribution in [3.8, 4) is 0 Å². The van der Waals surface area contributed by atoms with Crippen LogP contribution >= 0.6 is 0 Å². The standard InChI is InChI=1S/C13H21N3O/c17-12-4-3-11-8-15-13(16(11)9-12)6-10-2-1-5-14-7-10/h8,10,12,14,17H,1-7,9H2. The summed E-state index contributed by atoms with van der Waals surface area (Å²) in [6.07, 6.45) is 7.31. The molecule has 2 N–H and O–H groups in total. The topological polar surface area (TPSA) is 50.1 Å². The van der Waals surface area contributed by atoms with Crippen molar-refractivity contribution in [2.24, 2.45) is 5.92 Å². The van der Waals surface area contributed by atoms with Crippen molar-refractivity contribution < 1.29 is 5.11 Å². The summed E-state index contributed by atoms with van der Waals surface area (Å²) in [5.74, 6) is 1.89. The van der Waals surface area contributed by atoms with Crippen LogP contribution < -0.4 is 5.32 Å². The van der Waals surface area contributed by atoms with E-state index in [9.17, 15) is 5.11 Å². The molecule has 0 bridgehead atoms. The summed E-state index contributed by atoms with van der Waals surface area (Å²) in [7, 11) is 0. The first-order valence-electron chi connectivity index (χ1n) is 6.75. The zero-order valence-electron chi connectivity index (χ0n) is 10.2. The van der Waals surface area contributed by atoms with Gasteiger partial charge >= 0.3 is 0 Å². The third kappa shape index (κ3) is 2.38. The predicted molar refractivity (Wildman–Crippen MR) is 65.9 cm³/mol. The summed E-state index contributed by atoms with van der Waals surface area (Å²) in [5, 5.41) is 13.2. The van der Waals surface area contributed by atoms with Crippen molar-refractivity contribution in [1.29, 1.82) is 0 Å². The Labute approximate surface area is 102 Å². The molecule has 94 valence electrons. The van der Waals surface area contributed by atoms with Gasteiger partial charge in [-0.3, -0.25) is 0 Å². The molecule has 1 fully saturated rings. The van der Waals surface area contributed by atoms with E-state index in [1.54, 1.807) is 0 Å². The molecular weight excluding hydrogens is 214 g/mol.